The van der Waals surface area contributed by atoms with E-state index in [1.54, 1.807) is 6.07 Å². The first kappa shape index (κ1) is 16.3. The van der Waals surface area contributed by atoms with Crippen LogP contribution in [-0.4, -0.2) is 52.6 Å². The van der Waals surface area contributed by atoms with Crippen molar-refractivity contribution in [1.82, 2.24) is 14.9 Å². The number of nitrogens with one attached hydrogen (secondary N) is 1. The molecule has 2 rings (SSSR count). The molecule has 0 saturated carbocycles. The van der Waals surface area contributed by atoms with Gasteiger partial charge in [-0.3, -0.25) is 14.6 Å². The molecular formula is C12H18N4O5S. The van der Waals surface area contributed by atoms with E-state index in [1.807, 2.05) is 0 Å². The Bertz CT molecular complexity index is 726. The average Bonchev–Trinajstić information content (AvgIpc) is 2.92. The molecule has 0 radical (unpaired) electrons. The van der Waals surface area contributed by atoms with Gasteiger partial charge in [-0.2, -0.15) is 0 Å². The summed E-state index contributed by atoms with van der Waals surface area (Å²) >= 11 is 0. The number of aromatic nitrogens is 1. The van der Waals surface area contributed by atoms with Gasteiger partial charge in [0.15, 0.2) is 14.6 Å². The van der Waals surface area contributed by atoms with Gasteiger partial charge in [-0.15, -0.1) is 0 Å². The van der Waals surface area contributed by atoms with E-state index in [0.717, 1.165) is 6.26 Å². The van der Waals surface area contributed by atoms with Gasteiger partial charge in [-0.05, 0) is 19.4 Å². The number of nitrogens with two attached hydrogens (primary N) is 1. The van der Waals surface area contributed by atoms with E-state index in [2.05, 4.69) is 0 Å². The van der Waals surface area contributed by atoms with Gasteiger partial charge in [0, 0.05) is 24.7 Å². The quantitative estimate of drug-likeness (QED) is 0.494. The Morgan fingerprint density at radius 2 is 2.18 bits per heavy atom. The lowest BCUT2D eigenvalue weighted by molar-refractivity contribution is -0.131. The van der Waals surface area contributed by atoms with Crippen LogP contribution < -0.4 is 11.2 Å². The Kier molecular flexibility index (Phi) is 3.92. The predicted octanol–water partition coefficient (Wildman–Crippen LogP) is -0.447. The Morgan fingerprint density at radius 1 is 1.55 bits per heavy atom. The van der Waals surface area contributed by atoms with Crippen molar-refractivity contribution in [1.29, 1.82) is 0 Å². The number of nitrogen functional groups attached to an aromatic ring is 1. The SMILES string of the molecule is CC(CCN1Cc2cc(N)cn2C1=O)(C(=O)NO)S(C)(=O)=O. The summed E-state index contributed by atoms with van der Waals surface area (Å²) in [5.74, 6) is -1.02. The topological polar surface area (TPSA) is 135 Å². The number of amides is 2. The van der Waals surface area contributed by atoms with Gasteiger partial charge in [0.1, 0.15) is 0 Å². The second kappa shape index (κ2) is 5.29. The summed E-state index contributed by atoms with van der Waals surface area (Å²) < 4.78 is 23.3. The number of rotatable bonds is 5. The Labute approximate surface area is 127 Å². The van der Waals surface area contributed by atoms with E-state index in [1.165, 1.54) is 28.1 Å². The van der Waals surface area contributed by atoms with E-state index in [0.29, 0.717) is 11.4 Å². The fourth-order valence-corrected chi connectivity index (χ4v) is 3.20. The molecule has 0 spiro atoms. The molecule has 0 fully saturated rings. The number of carbonyl (C=O) groups is 2. The minimum Gasteiger partial charge on any atom is -0.397 e. The lowest BCUT2D eigenvalue weighted by atomic mass is 10.1. The van der Waals surface area contributed by atoms with Crippen LogP contribution in [0.4, 0.5) is 10.5 Å². The molecule has 9 nitrogen and oxygen atoms in total. The van der Waals surface area contributed by atoms with Gasteiger partial charge in [-0.1, -0.05) is 0 Å². The van der Waals surface area contributed by atoms with Crippen molar-refractivity contribution in [3.8, 4) is 0 Å². The number of hydrogen-bond donors (Lipinski definition) is 3. The van der Waals surface area contributed by atoms with E-state index in [9.17, 15) is 18.0 Å². The summed E-state index contributed by atoms with van der Waals surface area (Å²) in [7, 11) is -3.78. The molecule has 10 heteroatoms. The first-order chi connectivity index (χ1) is 10.1. The molecule has 122 valence electrons. The molecule has 1 aromatic rings. The summed E-state index contributed by atoms with van der Waals surface area (Å²) in [4.78, 5) is 25.3. The number of hydrogen-bond acceptors (Lipinski definition) is 6. The van der Waals surface area contributed by atoms with Crippen LogP contribution in [0, 0.1) is 0 Å². The molecule has 1 aromatic heterocycles. The average molecular weight is 330 g/mol. The zero-order chi connectivity index (χ0) is 16.7. The smallest absolute Gasteiger partial charge is 0.328 e. The molecule has 22 heavy (non-hydrogen) atoms. The molecule has 2 amide bonds. The highest BCUT2D eigenvalue weighted by molar-refractivity contribution is 7.92. The van der Waals surface area contributed by atoms with Crippen molar-refractivity contribution < 1.29 is 23.2 Å². The number of hydroxylamine groups is 1. The summed E-state index contributed by atoms with van der Waals surface area (Å²) in [5.41, 5.74) is 8.16. The lowest BCUT2D eigenvalue weighted by Crippen LogP contribution is -2.50. The van der Waals surface area contributed by atoms with Crippen molar-refractivity contribution in [2.45, 2.75) is 24.6 Å². The van der Waals surface area contributed by atoms with E-state index < -0.39 is 20.5 Å². The monoisotopic (exact) mass is 330 g/mol. The highest BCUT2D eigenvalue weighted by Crippen LogP contribution is 2.25. The van der Waals surface area contributed by atoms with Crippen LogP contribution in [0.5, 0.6) is 0 Å². The zero-order valence-electron chi connectivity index (χ0n) is 12.2. The van der Waals surface area contributed by atoms with Crippen LogP contribution in [0.2, 0.25) is 0 Å². The molecule has 1 aliphatic heterocycles. The minimum absolute atomic E-state index is 0.0530. The van der Waals surface area contributed by atoms with E-state index >= 15 is 0 Å². The van der Waals surface area contributed by atoms with Gasteiger partial charge >= 0.3 is 6.03 Å². The predicted molar refractivity (Wildman–Crippen MR) is 77.8 cm³/mol. The Hall–Kier alpha value is -2.07. The minimum atomic E-state index is -3.78. The van der Waals surface area contributed by atoms with E-state index in [4.69, 9.17) is 10.9 Å². The molecule has 1 aliphatic rings. The number of carbonyl (C=O) groups excluding carboxylic acids is 2. The molecule has 4 N–H and O–H groups in total. The largest absolute Gasteiger partial charge is 0.397 e. The second-order valence-electron chi connectivity index (χ2n) is 5.53. The van der Waals surface area contributed by atoms with Gasteiger partial charge in [0.05, 0.1) is 12.2 Å². The van der Waals surface area contributed by atoms with Crippen molar-refractivity contribution in [2.75, 3.05) is 18.5 Å². The molecule has 0 aliphatic carbocycles. The molecule has 0 aromatic carbocycles. The molecule has 2 heterocycles. The zero-order valence-corrected chi connectivity index (χ0v) is 13.1. The number of sulfone groups is 1. The molecule has 1 unspecified atom stereocenters. The summed E-state index contributed by atoms with van der Waals surface area (Å²) in [6, 6.07) is 1.33. The standard InChI is InChI=1S/C12H18N4O5S/c1-12(10(17)14-19,22(2,20)21)3-4-15-7-9-5-8(13)6-16(9)11(15)18/h5-6,19H,3-4,7,13H2,1-2H3,(H,14,17). The lowest BCUT2D eigenvalue weighted by Gasteiger charge is -2.27. The van der Waals surface area contributed by atoms with Gasteiger partial charge < -0.3 is 10.6 Å². The van der Waals surface area contributed by atoms with Crippen molar-refractivity contribution in [3.63, 3.8) is 0 Å². The van der Waals surface area contributed by atoms with Gasteiger partial charge in [-0.25, -0.2) is 18.7 Å². The second-order valence-corrected chi connectivity index (χ2v) is 7.98. The summed E-state index contributed by atoms with van der Waals surface area (Å²) in [6.07, 6.45) is 2.27. The normalized spacial score (nSPS) is 17.2. The van der Waals surface area contributed by atoms with Gasteiger partial charge in [0.25, 0.3) is 5.91 Å². The van der Waals surface area contributed by atoms with Crippen LogP contribution in [0.1, 0.15) is 19.0 Å². The number of nitrogens with zero attached hydrogens (tertiary/aromatic N) is 2. The maximum atomic E-state index is 12.1. The van der Waals surface area contributed by atoms with E-state index in [-0.39, 0.29) is 25.5 Å². The number of anilines is 1. The van der Waals surface area contributed by atoms with Crippen molar-refractivity contribution >= 4 is 27.5 Å². The van der Waals surface area contributed by atoms with Crippen LogP contribution in [0.15, 0.2) is 12.3 Å². The third-order valence-electron chi connectivity index (χ3n) is 4.01. The molecule has 0 bridgehead atoms. The van der Waals surface area contributed by atoms with Crippen molar-refractivity contribution in [3.05, 3.63) is 18.0 Å². The fourth-order valence-electron chi connectivity index (χ4n) is 2.36. The first-order valence-corrected chi connectivity index (χ1v) is 8.39. The highest BCUT2D eigenvalue weighted by Gasteiger charge is 2.44. The fraction of sp³-hybridized carbons (Fsp3) is 0.500. The Morgan fingerprint density at radius 3 is 2.68 bits per heavy atom. The molecule has 1 atom stereocenters. The molecular weight excluding hydrogens is 312 g/mol. The van der Waals surface area contributed by atoms with Crippen molar-refractivity contribution in [2.24, 2.45) is 0 Å². The summed E-state index contributed by atoms with van der Waals surface area (Å²) in [5, 5.41) is 8.75. The van der Waals surface area contributed by atoms with Crippen LogP contribution in [0.25, 0.3) is 0 Å². The molecule has 0 saturated heterocycles. The first-order valence-electron chi connectivity index (χ1n) is 6.50. The van der Waals surface area contributed by atoms with Crippen LogP contribution >= 0.6 is 0 Å². The number of fused-ring (bicyclic) bond motifs is 1. The third kappa shape index (κ3) is 2.55. The Balaban J connectivity index is 2.14. The maximum Gasteiger partial charge on any atom is 0.328 e. The van der Waals surface area contributed by atoms with Crippen LogP contribution in [0.3, 0.4) is 0 Å². The summed E-state index contributed by atoms with van der Waals surface area (Å²) in [6.45, 7) is 1.56. The van der Waals surface area contributed by atoms with Crippen LogP contribution in [-0.2, 0) is 21.2 Å². The third-order valence-corrected chi connectivity index (χ3v) is 6.04. The van der Waals surface area contributed by atoms with Gasteiger partial charge in [0.2, 0.25) is 0 Å². The maximum absolute atomic E-state index is 12.1. The highest BCUT2D eigenvalue weighted by atomic mass is 32.2.